The number of aliphatic carboxylic acids is 4. The molecule has 0 aromatic heterocycles. The van der Waals surface area contributed by atoms with E-state index in [0.29, 0.717) is 13.0 Å². The van der Waals surface area contributed by atoms with Crippen molar-refractivity contribution < 1.29 is 54.0 Å². The minimum absolute atomic E-state index is 0.330. The fraction of sp³-hybridized carbons (Fsp3) is 0.632. The molecular formula is C19H28N4O11. The Morgan fingerprint density at radius 3 is 1.65 bits per heavy atom. The molecule has 0 bridgehead atoms. The van der Waals surface area contributed by atoms with Crippen molar-refractivity contribution in [3.05, 3.63) is 0 Å². The fourth-order valence-electron chi connectivity index (χ4n) is 3.17. The van der Waals surface area contributed by atoms with Gasteiger partial charge in [-0.25, -0.2) is 4.79 Å². The molecule has 1 heterocycles. The summed E-state index contributed by atoms with van der Waals surface area (Å²) >= 11 is 0. The van der Waals surface area contributed by atoms with Crippen LogP contribution in [0.4, 0.5) is 0 Å². The Kier molecular flexibility index (Phi) is 11.4. The maximum Gasteiger partial charge on any atom is 0.326 e. The van der Waals surface area contributed by atoms with E-state index in [1.54, 1.807) is 0 Å². The lowest BCUT2D eigenvalue weighted by atomic mass is 10.1. The largest absolute Gasteiger partial charge is 0.481 e. The van der Waals surface area contributed by atoms with E-state index < -0.39 is 91.4 Å². The van der Waals surface area contributed by atoms with Gasteiger partial charge in [-0.2, -0.15) is 0 Å². The van der Waals surface area contributed by atoms with Crippen molar-refractivity contribution in [2.24, 2.45) is 0 Å². The molecule has 1 aliphatic rings. The van der Waals surface area contributed by atoms with Gasteiger partial charge in [-0.15, -0.1) is 0 Å². The molecule has 3 amide bonds. The smallest absolute Gasteiger partial charge is 0.326 e. The maximum absolute atomic E-state index is 12.8. The van der Waals surface area contributed by atoms with E-state index in [1.807, 2.05) is 5.32 Å². The summed E-state index contributed by atoms with van der Waals surface area (Å²) in [4.78, 5) is 81.7. The molecule has 4 unspecified atom stereocenters. The van der Waals surface area contributed by atoms with E-state index in [1.165, 1.54) is 0 Å². The topological polar surface area (TPSA) is 249 Å². The van der Waals surface area contributed by atoms with Crippen molar-refractivity contribution in [2.75, 3.05) is 6.54 Å². The molecule has 0 aliphatic carbocycles. The van der Waals surface area contributed by atoms with Crippen LogP contribution in [-0.4, -0.2) is 92.7 Å². The molecule has 0 saturated carbocycles. The second-order valence-corrected chi connectivity index (χ2v) is 7.63. The average molecular weight is 488 g/mol. The van der Waals surface area contributed by atoms with Gasteiger partial charge in [-0.3, -0.25) is 28.8 Å². The zero-order valence-corrected chi connectivity index (χ0v) is 18.1. The van der Waals surface area contributed by atoms with Crippen LogP contribution < -0.4 is 21.3 Å². The van der Waals surface area contributed by atoms with Gasteiger partial charge in [-0.1, -0.05) is 0 Å². The Balaban J connectivity index is 2.98. The highest BCUT2D eigenvalue weighted by Crippen LogP contribution is 2.08. The van der Waals surface area contributed by atoms with Gasteiger partial charge in [0.2, 0.25) is 17.7 Å². The Morgan fingerprint density at radius 1 is 0.735 bits per heavy atom. The lowest BCUT2D eigenvalue weighted by molar-refractivity contribution is -0.147. The van der Waals surface area contributed by atoms with Crippen molar-refractivity contribution >= 4 is 41.6 Å². The number of hydrogen-bond donors (Lipinski definition) is 8. The van der Waals surface area contributed by atoms with Crippen LogP contribution in [0, 0.1) is 0 Å². The van der Waals surface area contributed by atoms with Crippen LogP contribution in [-0.2, 0) is 33.6 Å². The summed E-state index contributed by atoms with van der Waals surface area (Å²) in [6.07, 6.45) is -1.65. The zero-order chi connectivity index (χ0) is 25.8. The summed E-state index contributed by atoms with van der Waals surface area (Å²) in [6, 6.07) is -5.39. The SMILES string of the molecule is O=C(O)CCC(NC(=O)C(CCC(=O)O)NC(=O)C1CCCN1)C(=O)NC(CC(=O)O)C(=O)O. The first kappa shape index (κ1) is 28.3. The van der Waals surface area contributed by atoms with Crippen LogP contribution in [0.5, 0.6) is 0 Å². The molecule has 0 aromatic carbocycles. The van der Waals surface area contributed by atoms with E-state index in [9.17, 15) is 33.6 Å². The minimum Gasteiger partial charge on any atom is -0.481 e. The first-order valence-electron chi connectivity index (χ1n) is 10.4. The van der Waals surface area contributed by atoms with E-state index >= 15 is 0 Å². The summed E-state index contributed by atoms with van der Waals surface area (Å²) in [6.45, 7) is 0.586. The fourth-order valence-corrected chi connectivity index (χ4v) is 3.17. The van der Waals surface area contributed by atoms with E-state index in [0.717, 1.165) is 6.42 Å². The molecule has 8 N–H and O–H groups in total. The number of carboxylic acids is 4. The van der Waals surface area contributed by atoms with Gasteiger partial charge in [0.15, 0.2) is 0 Å². The number of carbonyl (C=O) groups is 7. The van der Waals surface area contributed by atoms with Crippen LogP contribution in [0.2, 0.25) is 0 Å². The lowest BCUT2D eigenvalue weighted by Gasteiger charge is -2.24. The highest BCUT2D eigenvalue weighted by atomic mass is 16.4. The van der Waals surface area contributed by atoms with E-state index in [2.05, 4.69) is 16.0 Å². The Bertz CT molecular complexity index is 810. The van der Waals surface area contributed by atoms with Crippen molar-refractivity contribution in [1.29, 1.82) is 0 Å². The number of rotatable bonds is 15. The Morgan fingerprint density at radius 2 is 1.24 bits per heavy atom. The Labute approximate surface area is 193 Å². The number of carboxylic acid groups (broad SMARTS) is 4. The van der Waals surface area contributed by atoms with Gasteiger partial charge >= 0.3 is 23.9 Å². The van der Waals surface area contributed by atoms with Gasteiger partial charge in [0.25, 0.3) is 0 Å². The first-order valence-corrected chi connectivity index (χ1v) is 10.4. The third-order valence-electron chi connectivity index (χ3n) is 4.93. The summed E-state index contributed by atoms with van der Waals surface area (Å²) in [5, 5.41) is 45.2. The third kappa shape index (κ3) is 10.2. The molecule has 0 aromatic rings. The molecule has 1 aliphatic heterocycles. The predicted octanol–water partition coefficient (Wildman–Crippen LogP) is -2.52. The average Bonchev–Trinajstić information content (AvgIpc) is 3.27. The lowest BCUT2D eigenvalue weighted by Crippen LogP contribution is -2.57. The molecule has 1 fully saturated rings. The second kappa shape index (κ2) is 13.7. The van der Waals surface area contributed by atoms with Crippen LogP contribution in [0.1, 0.15) is 44.9 Å². The van der Waals surface area contributed by atoms with Gasteiger partial charge in [0.1, 0.15) is 18.1 Å². The number of amides is 3. The molecule has 0 radical (unpaired) electrons. The highest BCUT2D eigenvalue weighted by molar-refractivity contribution is 5.95. The maximum atomic E-state index is 12.8. The standard InChI is InChI=1S/C19H28N4O11/c24-13(25)5-3-10(21-16(30)9-2-1-7-20-9)17(31)22-11(4-6-14(26)27)18(32)23-12(19(33)34)8-15(28)29/h9-12,20H,1-8H2,(H,21,30)(H,22,31)(H,23,32)(H,24,25)(H,26,27)(H,28,29)(H,33,34). The minimum atomic E-state index is -1.84. The summed E-state index contributed by atoms with van der Waals surface area (Å²) in [5.74, 6) is -8.43. The van der Waals surface area contributed by atoms with E-state index in [-0.39, 0.29) is 6.42 Å². The molecule has 15 heteroatoms. The first-order chi connectivity index (χ1) is 15.9. The highest BCUT2D eigenvalue weighted by Gasteiger charge is 2.32. The summed E-state index contributed by atoms with van der Waals surface area (Å²) < 4.78 is 0. The summed E-state index contributed by atoms with van der Waals surface area (Å²) in [5.41, 5.74) is 0. The van der Waals surface area contributed by atoms with Crippen LogP contribution in [0.3, 0.4) is 0 Å². The number of nitrogens with one attached hydrogen (secondary N) is 4. The quantitative estimate of drug-likeness (QED) is 0.119. The number of hydrogen-bond acceptors (Lipinski definition) is 8. The van der Waals surface area contributed by atoms with Gasteiger partial charge in [0.05, 0.1) is 12.5 Å². The molecule has 0 spiro atoms. The summed E-state index contributed by atoms with van der Waals surface area (Å²) in [7, 11) is 0. The molecule has 4 atom stereocenters. The van der Waals surface area contributed by atoms with Crippen molar-refractivity contribution in [1.82, 2.24) is 21.3 Å². The predicted molar refractivity (Wildman–Crippen MR) is 110 cm³/mol. The van der Waals surface area contributed by atoms with Gasteiger partial charge < -0.3 is 41.7 Å². The number of carbonyl (C=O) groups excluding carboxylic acids is 3. The molecular weight excluding hydrogens is 460 g/mol. The normalized spacial score (nSPS) is 17.6. The van der Waals surface area contributed by atoms with Crippen LogP contribution in [0.15, 0.2) is 0 Å². The molecule has 190 valence electrons. The van der Waals surface area contributed by atoms with E-state index in [4.69, 9.17) is 20.4 Å². The van der Waals surface area contributed by atoms with Crippen LogP contribution >= 0.6 is 0 Å². The van der Waals surface area contributed by atoms with Crippen molar-refractivity contribution in [3.8, 4) is 0 Å². The zero-order valence-electron chi connectivity index (χ0n) is 18.1. The molecule has 15 nitrogen and oxygen atoms in total. The van der Waals surface area contributed by atoms with Gasteiger partial charge in [-0.05, 0) is 32.2 Å². The van der Waals surface area contributed by atoms with Crippen molar-refractivity contribution in [3.63, 3.8) is 0 Å². The Hall–Kier alpha value is -3.75. The van der Waals surface area contributed by atoms with Gasteiger partial charge in [0, 0.05) is 12.8 Å². The van der Waals surface area contributed by atoms with Crippen LogP contribution in [0.25, 0.3) is 0 Å². The monoisotopic (exact) mass is 488 g/mol. The molecule has 34 heavy (non-hydrogen) atoms. The third-order valence-corrected chi connectivity index (χ3v) is 4.93. The second-order valence-electron chi connectivity index (χ2n) is 7.63. The molecule has 1 saturated heterocycles. The molecule has 1 rings (SSSR count). The van der Waals surface area contributed by atoms with Crippen molar-refractivity contribution in [2.45, 2.75) is 69.1 Å².